The van der Waals surface area contributed by atoms with Crippen molar-refractivity contribution in [1.82, 2.24) is 5.32 Å². The maximum absolute atomic E-state index is 5.70. The lowest BCUT2D eigenvalue weighted by molar-refractivity contribution is 0.0468. The molecule has 3 unspecified atom stereocenters. The number of nitrogens with one attached hydrogen (secondary N) is 1. The molecule has 1 heterocycles. The van der Waals surface area contributed by atoms with E-state index in [0.29, 0.717) is 12.6 Å². The van der Waals surface area contributed by atoms with Gasteiger partial charge in [-0.1, -0.05) is 0 Å². The first-order chi connectivity index (χ1) is 6.76. The molecule has 1 rings (SSSR count). The third-order valence-electron chi connectivity index (χ3n) is 2.66. The summed E-state index contributed by atoms with van der Waals surface area (Å²) in [5, 5.41) is 3.33. The number of hydrogen-bond donors (Lipinski definition) is 2. The third-order valence-corrected chi connectivity index (χ3v) is 2.66. The Morgan fingerprint density at radius 2 is 2.21 bits per heavy atom. The van der Waals surface area contributed by atoms with Gasteiger partial charge in [-0.15, -0.1) is 0 Å². The second kappa shape index (κ2) is 6.35. The zero-order valence-corrected chi connectivity index (χ0v) is 9.16. The molecular formula is C10H22N2O2. The molecule has 14 heavy (non-hydrogen) atoms. The van der Waals surface area contributed by atoms with Crippen LogP contribution in [-0.4, -0.2) is 45.1 Å². The van der Waals surface area contributed by atoms with E-state index < -0.39 is 0 Å². The Morgan fingerprint density at radius 1 is 1.50 bits per heavy atom. The zero-order chi connectivity index (χ0) is 10.4. The van der Waals surface area contributed by atoms with Gasteiger partial charge in [0.2, 0.25) is 0 Å². The van der Waals surface area contributed by atoms with E-state index in [1.54, 1.807) is 7.11 Å². The first kappa shape index (κ1) is 11.9. The molecule has 0 radical (unpaired) electrons. The summed E-state index contributed by atoms with van der Waals surface area (Å²) in [5.41, 5.74) is 5.53. The van der Waals surface area contributed by atoms with Crippen molar-refractivity contribution >= 4 is 0 Å². The smallest absolute Gasteiger partial charge is 0.0704 e. The van der Waals surface area contributed by atoms with Gasteiger partial charge in [-0.05, 0) is 19.8 Å². The standard InChI is InChI=1S/C10H22N2O2/c1-8(13-2)6-12-7-10-4-3-9(5-11)14-10/h8-10,12H,3-7,11H2,1-2H3. The summed E-state index contributed by atoms with van der Waals surface area (Å²) < 4.78 is 10.8. The predicted octanol–water partition coefficient (Wildman–Crippen LogP) is 0.117. The van der Waals surface area contributed by atoms with Crippen molar-refractivity contribution in [1.29, 1.82) is 0 Å². The molecular weight excluding hydrogens is 180 g/mol. The van der Waals surface area contributed by atoms with E-state index in [1.165, 1.54) is 0 Å². The van der Waals surface area contributed by atoms with Gasteiger partial charge in [0.05, 0.1) is 18.3 Å². The van der Waals surface area contributed by atoms with E-state index in [0.717, 1.165) is 25.9 Å². The van der Waals surface area contributed by atoms with Crippen LogP contribution >= 0.6 is 0 Å². The summed E-state index contributed by atoms with van der Waals surface area (Å²) >= 11 is 0. The molecule has 4 heteroatoms. The molecule has 0 aromatic carbocycles. The van der Waals surface area contributed by atoms with Gasteiger partial charge >= 0.3 is 0 Å². The van der Waals surface area contributed by atoms with Crippen molar-refractivity contribution in [3.8, 4) is 0 Å². The normalized spacial score (nSPS) is 29.4. The highest BCUT2D eigenvalue weighted by Crippen LogP contribution is 2.17. The highest BCUT2D eigenvalue weighted by atomic mass is 16.5. The minimum atomic E-state index is 0.265. The van der Waals surface area contributed by atoms with Gasteiger partial charge in [0.25, 0.3) is 0 Å². The first-order valence-electron chi connectivity index (χ1n) is 5.35. The summed E-state index contributed by atoms with van der Waals surface area (Å²) in [6, 6.07) is 0. The van der Waals surface area contributed by atoms with Gasteiger partial charge < -0.3 is 20.5 Å². The van der Waals surface area contributed by atoms with E-state index in [1.807, 2.05) is 6.92 Å². The van der Waals surface area contributed by atoms with E-state index in [4.69, 9.17) is 15.2 Å². The van der Waals surface area contributed by atoms with Crippen LogP contribution in [0.1, 0.15) is 19.8 Å². The minimum absolute atomic E-state index is 0.265. The topological polar surface area (TPSA) is 56.5 Å². The monoisotopic (exact) mass is 202 g/mol. The van der Waals surface area contributed by atoms with Crippen molar-refractivity contribution in [3.63, 3.8) is 0 Å². The average Bonchev–Trinajstić information content (AvgIpc) is 2.65. The molecule has 3 atom stereocenters. The molecule has 1 aliphatic heterocycles. The fourth-order valence-corrected chi connectivity index (χ4v) is 1.63. The van der Waals surface area contributed by atoms with E-state index in [-0.39, 0.29) is 12.2 Å². The molecule has 0 aromatic rings. The molecule has 0 aromatic heterocycles. The molecule has 1 aliphatic rings. The molecule has 1 fully saturated rings. The highest BCUT2D eigenvalue weighted by Gasteiger charge is 2.23. The van der Waals surface area contributed by atoms with Gasteiger partial charge in [0.15, 0.2) is 0 Å². The summed E-state index contributed by atoms with van der Waals surface area (Å²) in [7, 11) is 1.73. The molecule has 0 amide bonds. The molecule has 0 bridgehead atoms. The van der Waals surface area contributed by atoms with Crippen LogP contribution in [-0.2, 0) is 9.47 Å². The summed E-state index contributed by atoms with van der Waals surface area (Å²) in [6.45, 7) is 4.48. The number of rotatable bonds is 6. The third kappa shape index (κ3) is 3.92. The summed E-state index contributed by atoms with van der Waals surface area (Å²) in [6.07, 6.45) is 3.11. The molecule has 84 valence electrons. The fourth-order valence-electron chi connectivity index (χ4n) is 1.63. The van der Waals surface area contributed by atoms with Gasteiger partial charge in [-0.2, -0.15) is 0 Å². The van der Waals surface area contributed by atoms with E-state index in [9.17, 15) is 0 Å². The van der Waals surface area contributed by atoms with Crippen LogP contribution in [0.4, 0.5) is 0 Å². The number of nitrogens with two attached hydrogens (primary N) is 1. The largest absolute Gasteiger partial charge is 0.380 e. The molecule has 0 saturated carbocycles. The highest BCUT2D eigenvalue weighted by molar-refractivity contribution is 4.75. The summed E-state index contributed by atoms with van der Waals surface area (Å²) in [4.78, 5) is 0. The van der Waals surface area contributed by atoms with Crippen molar-refractivity contribution < 1.29 is 9.47 Å². The lowest BCUT2D eigenvalue weighted by Gasteiger charge is -2.15. The molecule has 4 nitrogen and oxygen atoms in total. The van der Waals surface area contributed by atoms with Crippen LogP contribution in [0.25, 0.3) is 0 Å². The van der Waals surface area contributed by atoms with Crippen molar-refractivity contribution in [3.05, 3.63) is 0 Å². The van der Waals surface area contributed by atoms with Crippen LogP contribution < -0.4 is 11.1 Å². The molecule has 3 N–H and O–H groups in total. The SMILES string of the molecule is COC(C)CNCC1CCC(CN)O1. The first-order valence-corrected chi connectivity index (χ1v) is 5.35. The summed E-state index contributed by atoms with van der Waals surface area (Å²) in [5.74, 6) is 0. The Labute approximate surface area is 86.1 Å². The van der Waals surface area contributed by atoms with Crippen LogP contribution in [0.2, 0.25) is 0 Å². The fraction of sp³-hybridized carbons (Fsp3) is 1.00. The number of ether oxygens (including phenoxy) is 2. The maximum Gasteiger partial charge on any atom is 0.0704 e. The molecule has 0 spiro atoms. The predicted molar refractivity (Wildman–Crippen MR) is 56.3 cm³/mol. The molecule has 0 aliphatic carbocycles. The van der Waals surface area contributed by atoms with Crippen molar-refractivity contribution in [2.24, 2.45) is 5.73 Å². The Balaban J connectivity index is 2.03. The number of hydrogen-bond acceptors (Lipinski definition) is 4. The van der Waals surface area contributed by atoms with Gasteiger partial charge in [0, 0.05) is 26.7 Å². The quantitative estimate of drug-likeness (QED) is 0.642. The number of methoxy groups -OCH3 is 1. The van der Waals surface area contributed by atoms with Gasteiger partial charge in [-0.25, -0.2) is 0 Å². The second-order valence-corrected chi connectivity index (χ2v) is 3.90. The Morgan fingerprint density at radius 3 is 2.79 bits per heavy atom. The maximum atomic E-state index is 5.70. The molecule has 1 saturated heterocycles. The second-order valence-electron chi connectivity index (χ2n) is 3.90. The van der Waals surface area contributed by atoms with Crippen LogP contribution in [0, 0.1) is 0 Å². The average molecular weight is 202 g/mol. The van der Waals surface area contributed by atoms with Crippen molar-refractivity contribution in [2.75, 3.05) is 26.7 Å². The van der Waals surface area contributed by atoms with Gasteiger partial charge in [-0.3, -0.25) is 0 Å². The van der Waals surface area contributed by atoms with E-state index >= 15 is 0 Å². The van der Waals surface area contributed by atoms with Crippen LogP contribution in [0.5, 0.6) is 0 Å². The lowest BCUT2D eigenvalue weighted by atomic mass is 10.2. The Hall–Kier alpha value is -0.160. The Bertz CT molecular complexity index is 155. The lowest BCUT2D eigenvalue weighted by Crippen LogP contribution is -2.33. The van der Waals surface area contributed by atoms with Crippen LogP contribution in [0.3, 0.4) is 0 Å². The van der Waals surface area contributed by atoms with Gasteiger partial charge in [0.1, 0.15) is 0 Å². The van der Waals surface area contributed by atoms with E-state index in [2.05, 4.69) is 5.32 Å². The Kier molecular flexibility index (Phi) is 5.40. The minimum Gasteiger partial charge on any atom is -0.380 e. The van der Waals surface area contributed by atoms with Crippen molar-refractivity contribution in [2.45, 2.75) is 38.1 Å². The zero-order valence-electron chi connectivity index (χ0n) is 9.16. The van der Waals surface area contributed by atoms with Crippen LogP contribution in [0.15, 0.2) is 0 Å².